The number of esters is 1. The first-order valence-corrected chi connectivity index (χ1v) is 11.7. The van der Waals surface area contributed by atoms with Crippen LogP contribution in [0.1, 0.15) is 28.8 Å². The van der Waals surface area contributed by atoms with Crippen LogP contribution in [0.5, 0.6) is 5.75 Å². The minimum absolute atomic E-state index is 0.0311. The molecule has 0 radical (unpaired) electrons. The number of halogens is 3. The first-order valence-electron chi connectivity index (χ1n) is 10.9. The zero-order valence-corrected chi connectivity index (χ0v) is 19.0. The molecule has 0 bridgehead atoms. The number of anilines is 1. The molecule has 5 rings (SSSR count). The predicted molar refractivity (Wildman–Crippen MR) is 124 cm³/mol. The van der Waals surface area contributed by atoms with E-state index in [0.29, 0.717) is 24.5 Å². The van der Waals surface area contributed by atoms with E-state index in [4.69, 9.17) is 4.74 Å². The first kappa shape index (κ1) is 22.7. The molecular weight excluding hydrogens is 463 g/mol. The molecule has 0 unspecified atom stereocenters. The number of nitrogens with zero attached hydrogens (tertiary/aromatic N) is 3. The SMILES string of the molecule is O=C(Oc1cnccc1CN1CN(c2ccc(SC(F)(F)F)cc2)CC12CC2)c1ccccc1. The quantitative estimate of drug-likeness (QED) is 0.329. The molecular formula is C25H22F3N3O2S. The van der Waals surface area contributed by atoms with Crippen LogP contribution in [0.2, 0.25) is 0 Å². The topological polar surface area (TPSA) is 45.7 Å². The maximum Gasteiger partial charge on any atom is 0.446 e. The maximum atomic E-state index is 12.6. The van der Waals surface area contributed by atoms with Crippen molar-refractivity contribution >= 4 is 23.4 Å². The fourth-order valence-electron chi connectivity index (χ4n) is 4.30. The number of hydrogen-bond donors (Lipinski definition) is 0. The molecule has 1 spiro atoms. The number of benzene rings is 2. The minimum Gasteiger partial charge on any atom is -0.421 e. The molecule has 1 saturated carbocycles. The van der Waals surface area contributed by atoms with Gasteiger partial charge in [-0.05, 0) is 67.1 Å². The van der Waals surface area contributed by atoms with Crippen LogP contribution < -0.4 is 9.64 Å². The highest BCUT2D eigenvalue weighted by Crippen LogP contribution is 2.48. The van der Waals surface area contributed by atoms with Gasteiger partial charge >= 0.3 is 11.5 Å². The van der Waals surface area contributed by atoms with Crippen molar-refractivity contribution in [3.05, 3.63) is 84.2 Å². The first-order chi connectivity index (χ1) is 16.3. The van der Waals surface area contributed by atoms with Crippen molar-refractivity contribution in [1.82, 2.24) is 9.88 Å². The van der Waals surface area contributed by atoms with E-state index in [2.05, 4.69) is 14.8 Å². The Labute approximate surface area is 199 Å². The van der Waals surface area contributed by atoms with Crippen molar-refractivity contribution in [1.29, 1.82) is 0 Å². The second-order valence-corrected chi connectivity index (χ2v) is 9.68. The number of carbonyl (C=O) groups is 1. The predicted octanol–water partition coefficient (Wildman–Crippen LogP) is 5.73. The van der Waals surface area contributed by atoms with Crippen molar-refractivity contribution in [2.24, 2.45) is 0 Å². The lowest BCUT2D eigenvalue weighted by atomic mass is 10.2. The lowest BCUT2D eigenvalue weighted by molar-refractivity contribution is -0.0328. The summed E-state index contributed by atoms with van der Waals surface area (Å²) in [5.41, 5.74) is -2.04. The molecule has 0 atom stereocenters. The summed E-state index contributed by atoms with van der Waals surface area (Å²) in [5.74, 6) is -0.00465. The normalized spacial score (nSPS) is 17.2. The summed E-state index contributed by atoms with van der Waals surface area (Å²) in [7, 11) is 0. The summed E-state index contributed by atoms with van der Waals surface area (Å²) >= 11 is -0.105. The molecule has 0 N–H and O–H groups in total. The zero-order chi connectivity index (χ0) is 23.8. The molecule has 9 heteroatoms. The van der Waals surface area contributed by atoms with E-state index < -0.39 is 11.5 Å². The Bertz CT molecular complexity index is 1170. The highest BCUT2D eigenvalue weighted by molar-refractivity contribution is 8.00. The molecule has 5 nitrogen and oxygen atoms in total. The van der Waals surface area contributed by atoms with Gasteiger partial charge in [0.1, 0.15) is 0 Å². The van der Waals surface area contributed by atoms with Crippen LogP contribution in [0.15, 0.2) is 78.0 Å². The van der Waals surface area contributed by atoms with E-state index >= 15 is 0 Å². The van der Waals surface area contributed by atoms with Gasteiger partial charge in [-0.3, -0.25) is 9.88 Å². The number of alkyl halides is 3. The van der Waals surface area contributed by atoms with Crippen LogP contribution in [0.25, 0.3) is 0 Å². The van der Waals surface area contributed by atoms with Gasteiger partial charge in [-0.15, -0.1) is 0 Å². The van der Waals surface area contributed by atoms with Gasteiger partial charge in [0.05, 0.1) is 18.4 Å². The van der Waals surface area contributed by atoms with Gasteiger partial charge in [0.2, 0.25) is 0 Å². The Morgan fingerprint density at radius 3 is 2.47 bits per heavy atom. The van der Waals surface area contributed by atoms with E-state index in [1.807, 2.05) is 12.1 Å². The Morgan fingerprint density at radius 2 is 1.79 bits per heavy atom. The zero-order valence-electron chi connectivity index (χ0n) is 18.2. The molecule has 2 aliphatic rings. The van der Waals surface area contributed by atoms with Gasteiger partial charge in [-0.25, -0.2) is 4.79 Å². The third kappa shape index (κ3) is 5.05. The van der Waals surface area contributed by atoms with Crippen LogP contribution in [0.4, 0.5) is 18.9 Å². The Kier molecular flexibility index (Phi) is 5.99. The van der Waals surface area contributed by atoms with Gasteiger partial charge in [-0.1, -0.05) is 18.2 Å². The average molecular weight is 486 g/mol. The standard InChI is InChI=1S/C25H22F3N3O2S/c26-25(27,28)34-21-8-6-20(7-9-21)30-16-24(11-12-24)31(17-30)15-19-10-13-29-14-22(19)33-23(32)18-4-2-1-3-5-18/h1-10,13-14H,11-12,15-17H2. The van der Waals surface area contributed by atoms with Crippen LogP contribution in [0.3, 0.4) is 0 Å². The minimum atomic E-state index is -4.30. The summed E-state index contributed by atoms with van der Waals surface area (Å²) in [5, 5.41) is 0. The van der Waals surface area contributed by atoms with E-state index in [1.54, 1.807) is 48.8 Å². The number of rotatable bonds is 6. The summed E-state index contributed by atoms with van der Waals surface area (Å²) in [6.07, 6.45) is 5.34. The number of aromatic nitrogens is 1. The summed E-state index contributed by atoms with van der Waals surface area (Å²) < 4.78 is 43.5. The smallest absolute Gasteiger partial charge is 0.421 e. The van der Waals surface area contributed by atoms with Crippen LogP contribution >= 0.6 is 11.8 Å². The third-order valence-corrected chi connectivity index (χ3v) is 6.94. The largest absolute Gasteiger partial charge is 0.446 e. The molecule has 1 aliphatic carbocycles. The van der Waals surface area contributed by atoms with Crippen molar-refractivity contribution in [2.75, 3.05) is 18.1 Å². The van der Waals surface area contributed by atoms with Gasteiger partial charge < -0.3 is 9.64 Å². The summed E-state index contributed by atoms with van der Waals surface area (Å²) in [4.78, 5) is 21.4. The van der Waals surface area contributed by atoms with E-state index in [0.717, 1.165) is 30.6 Å². The number of carbonyl (C=O) groups excluding carboxylic acids is 1. The van der Waals surface area contributed by atoms with Crippen molar-refractivity contribution < 1.29 is 22.7 Å². The molecule has 34 heavy (non-hydrogen) atoms. The molecule has 3 aromatic rings. The highest BCUT2D eigenvalue weighted by Gasteiger charge is 2.53. The molecule has 1 aliphatic heterocycles. The van der Waals surface area contributed by atoms with Gasteiger partial charge in [0.15, 0.2) is 5.75 Å². The van der Waals surface area contributed by atoms with Crippen molar-refractivity contribution in [2.45, 2.75) is 35.3 Å². The second kappa shape index (κ2) is 8.96. The highest BCUT2D eigenvalue weighted by atomic mass is 32.2. The Hall–Kier alpha value is -3.04. The average Bonchev–Trinajstić information content (AvgIpc) is 3.51. The maximum absolute atomic E-state index is 12.6. The molecule has 1 saturated heterocycles. The van der Waals surface area contributed by atoms with Gasteiger partial charge in [-0.2, -0.15) is 13.2 Å². The van der Waals surface area contributed by atoms with E-state index in [9.17, 15) is 18.0 Å². The van der Waals surface area contributed by atoms with Crippen molar-refractivity contribution in [3.63, 3.8) is 0 Å². The van der Waals surface area contributed by atoms with Gasteiger partial charge in [0.25, 0.3) is 0 Å². The molecule has 2 aromatic carbocycles. The van der Waals surface area contributed by atoms with Crippen LogP contribution in [-0.4, -0.2) is 40.1 Å². The molecule has 0 amide bonds. The van der Waals surface area contributed by atoms with E-state index in [1.165, 1.54) is 12.1 Å². The number of pyridine rings is 1. The number of hydrogen-bond acceptors (Lipinski definition) is 6. The monoisotopic (exact) mass is 485 g/mol. The summed E-state index contributed by atoms with van der Waals surface area (Å²) in [6.45, 7) is 2.03. The van der Waals surface area contributed by atoms with E-state index in [-0.39, 0.29) is 22.2 Å². The van der Waals surface area contributed by atoms with Crippen molar-refractivity contribution in [3.8, 4) is 5.75 Å². The number of ether oxygens (including phenoxy) is 1. The van der Waals surface area contributed by atoms with Crippen LogP contribution in [0, 0.1) is 0 Å². The Balaban J connectivity index is 1.29. The molecule has 2 fully saturated rings. The lowest BCUT2D eigenvalue weighted by Gasteiger charge is -2.23. The fraction of sp³-hybridized carbons (Fsp3) is 0.280. The van der Waals surface area contributed by atoms with Gasteiger partial charge in [0, 0.05) is 41.0 Å². The molecule has 1 aromatic heterocycles. The fourth-order valence-corrected chi connectivity index (χ4v) is 4.84. The Morgan fingerprint density at radius 1 is 1.06 bits per heavy atom. The summed E-state index contributed by atoms with van der Waals surface area (Å²) in [6, 6.07) is 17.2. The molecule has 176 valence electrons. The second-order valence-electron chi connectivity index (χ2n) is 8.54. The lowest BCUT2D eigenvalue weighted by Crippen LogP contribution is -2.32. The number of thioether (sulfide) groups is 1. The third-order valence-electron chi connectivity index (χ3n) is 6.20. The molecule has 2 heterocycles. The van der Waals surface area contributed by atoms with Crippen LogP contribution in [-0.2, 0) is 6.54 Å².